The minimum Gasteiger partial charge on any atom is -0.481 e. The van der Waals surface area contributed by atoms with Gasteiger partial charge in [-0.3, -0.25) is 9.59 Å². The molecule has 1 saturated heterocycles. The molecular formula is C31H27Cl2N3O6S. The normalized spacial score (nSPS) is 16.7. The topological polar surface area (TPSA) is 121 Å². The molecule has 1 amide bonds. The first-order chi connectivity index (χ1) is 20.5. The summed E-state index contributed by atoms with van der Waals surface area (Å²) in [5, 5.41) is 14.0. The number of hydrogen-bond donors (Lipinski definition) is 1. The van der Waals surface area contributed by atoms with Gasteiger partial charge in [-0.05, 0) is 54.7 Å². The van der Waals surface area contributed by atoms with Crippen molar-refractivity contribution in [2.75, 3.05) is 26.2 Å². The van der Waals surface area contributed by atoms with Crippen molar-refractivity contribution in [3.8, 4) is 22.5 Å². The molecule has 222 valence electrons. The Labute approximate surface area is 258 Å². The van der Waals surface area contributed by atoms with E-state index in [0.717, 1.165) is 16.7 Å². The predicted octanol–water partition coefficient (Wildman–Crippen LogP) is 5.89. The summed E-state index contributed by atoms with van der Waals surface area (Å²) in [7, 11) is -3.81. The summed E-state index contributed by atoms with van der Waals surface area (Å²) in [6.45, 7) is 2.33. The van der Waals surface area contributed by atoms with E-state index in [-0.39, 0.29) is 47.0 Å². The van der Waals surface area contributed by atoms with Gasteiger partial charge in [-0.15, -0.1) is 0 Å². The van der Waals surface area contributed by atoms with Crippen molar-refractivity contribution < 1.29 is 27.6 Å². The second-order valence-corrected chi connectivity index (χ2v) is 13.5. The molecule has 2 fully saturated rings. The lowest BCUT2D eigenvalue weighted by atomic mass is 9.93. The fraction of sp³-hybridized carbons (Fsp3) is 0.258. The van der Waals surface area contributed by atoms with Crippen LogP contribution in [0.15, 0.2) is 76.1 Å². The third-order valence-electron chi connectivity index (χ3n) is 8.21. The molecule has 9 nitrogen and oxygen atoms in total. The maximum Gasteiger partial charge on any atom is 0.314 e. The number of carboxylic acids is 1. The van der Waals surface area contributed by atoms with Crippen LogP contribution in [0.2, 0.25) is 10.0 Å². The van der Waals surface area contributed by atoms with Gasteiger partial charge in [-0.1, -0.05) is 76.9 Å². The molecule has 2 aliphatic rings. The van der Waals surface area contributed by atoms with Gasteiger partial charge in [0.05, 0.1) is 26.0 Å². The molecule has 1 aromatic heterocycles. The first-order valence-electron chi connectivity index (χ1n) is 13.7. The molecule has 0 unspecified atom stereocenters. The van der Waals surface area contributed by atoms with Crippen molar-refractivity contribution in [3.05, 3.63) is 93.6 Å². The maximum atomic E-state index is 13.6. The third-order valence-corrected chi connectivity index (χ3v) is 10.8. The van der Waals surface area contributed by atoms with E-state index in [1.807, 2.05) is 48.5 Å². The Morgan fingerprint density at radius 3 is 2.00 bits per heavy atom. The number of carbonyl (C=O) groups is 2. The van der Waals surface area contributed by atoms with E-state index in [9.17, 15) is 23.1 Å². The van der Waals surface area contributed by atoms with Crippen LogP contribution in [0.5, 0.6) is 0 Å². The smallest absolute Gasteiger partial charge is 0.314 e. The Hall–Kier alpha value is -3.70. The van der Waals surface area contributed by atoms with E-state index in [0.29, 0.717) is 35.4 Å². The van der Waals surface area contributed by atoms with Crippen molar-refractivity contribution in [2.24, 2.45) is 0 Å². The van der Waals surface area contributed by atoms with Crippen LogP contribution in [-0.4, -0.2) is 65.9 Å². The van der Waals surface area contributed by atoms with E-state index in [2.05, 4.69) is 5.16 Å². The summed E-state index contributed by atoms with van der Waals surface area (Å²) < 4.78 is 33.2. The van der Waals surface area contributed by atoms with Crippen LogP contribution in [0.1, 0.15) is 34.5 Å². The number of hydrogen-bond acceptors (Lipinski definition) is 6. The largest absolute Gasteiger partial charge is 0.481 e. The summed E-state index contributed by atoms with van der Waals surface area (Å²) in [5.41, 5.74) is 3.39. The Morgan fingerprint density at radius 2 is 1.44 bits per heavy atom. The second kappa shape index (κ2) is 11.1. The van der Waals surface area contributed by atoms with Crippen molar-refractivity contribution in [1.29, 1.82) is 0 Å². The number of carbonyl (C=O) groups excluding carboxylic acids is 1. The molecule has 0 atom stereocenters. The summed E-state index contributed by atoms with van der Waals surface area (Å²) in [6, 6.07) is 19.3. The van der Waals surface area contributed by atoms with E-state index < -0.39 is 21.4 Å². The minimum absolute atomic E-state index is 0.0466. The highest BCUT2D eigenvalue weighted by atomic mass is 35.5. The zero-order chi connectivity index (χ0) is 30.5. The summed E-state index contributed by atoms with van der Waals surface area (Å²) >= 11 is 12.0. The van der Waals surface area contributed by atoms with Crippen LogP contribution in [0.25, 0.3) is 22.5 Å². The van der Waals surface area contributed by atoms with Crippen LogP contribution in [0.3, 0.4) is 0 Å². The quantitative estimate of drug-likeness (QED) is 0.268. The van der Waals surface area contributed by atoms with Gasteiger partial charge in [-0.25, -0.2) is 8.42 Å². The van der Waals surface area contributed by atoms with Crippen LogP contribution in [0, 0.1) is 6.92 Å². The number of amides is 1. The molecule has 0 spiro atoms. The fourth-order valence-electron chi connectivity index (χ4n) is 5.44. The molecule has 0 radical (unpaired) electrons. The third kappa shape index (κ3) is 5.33. The minimum atomic E-state index is -3.81. The van der Waals surface area contributed by atoms with Crippen LogP contribution < -0.4 is 0 Å². The molecule has 43 heavy (non-hydrogen) atoms. The SMILES string of the molecule is Cc1noc(-c2ccc(-c3ccc(C4(C(=O)O)CC4)cc3)cc2)c1C(=O)N1CCN(S(=O)(=O)c2ccc(Cl)c(Cl)c2)CC1. The van der Waals surface area contributed by atoms with E-state index in [1.54, 1.807) is 11.8 Å². The first-order valence-corrected chi connectivity index (χ1v) is 15.9. The molecule has 1 saturated carbocycles. The number of piperazine rings is 1. The van der Waals surface area contributed by atoms with Crippen molar-refractivity contribution in [3.63, 3.8) is 0 Å². The lowest BCUT2D eigenvalue weighted by molar-refractivity contribution is -0.140. The van der Waals surface area contributed by atoms with Gasteiger partial charge < -0.3 is 14.5 Å². The average molecular weight is 641 g/mol. The zero-order valence-corrected chi connectivity index (χ0v) is 25.4. The molecule has 1 aliphatic heterocycles. The number of aromatic nitrogens is 1. The molecule has 6 rings (SSSR count). The summed E-state index contributed by atoms with van der Waals surface area (Å²) in [5.74, 6) is -0.729. The number of benzene rings is 3. The second-order valence-electron chi connectivity index (χ2n) is 10.8. The van der Waals surface area contributed by atoms with Crippen LogP contribution >= 0.6 is 23.2 Å². The predicted molar refractivity (Wildman–Crippen MR) is 162 cm³/mol. The highest BCUT2D eigenvalue weighted by Crippen LogP contribution is 2.48. The van der Waals surface area contributed by atoms with Gasteiger partial charge in [0.1, 0.15) is 5.56 Å². The van der Waals surface area contributed by atoms with Gasteiger partial charge in [0.15, 0.2) is 5.76 Å². The maximum absolute atomic E-state index is 13.6. The first kappa shape index (κ1) is 29.4. The van der Waals surface area contributed by atoms with E-state index >= 15 is 0 Å². The van der Waals surface area contributed by atoms with E-state index in [1.165, 1.54) is 22.5 Å². The molecule has 4 aromatic rings. The summed E-state index contributed by atoms with van der Waals surface area (Å²) in [4.78, 5) is 26.9. The highest BCUT2D eigenvalue weighted by molar-refractivity contribution is 7.89. The Bertz CT molecular complexity index is 1830. The average Bonchev–Trinajstić information content (AvgIpc) is 3.75. The molecule has 0 bridgehead atoms. The van der Waals surface area contributed by atoms with Gasteiger partial charge in [0.2, 0.25) is 10.0 Å². The highest BCUT2D eigenvalue weighted by Gasteiger charge is 2.51. The fourth-order valence-corrected chi connectivity index (χ4v) is 7.25. The van der Waals surface area contributed by atoms with Crippen molar-refractivity contribution >= 4 is 45.1 Å². The molecular weight excluding hydrogens is 613 g/mol. The monoisotopic (exact) mass is 639 g/mol. The molecule has 1 N–H and O–H groups in total. The summed E-state index contributed by atoms with van der Waals surface area (Å²) in [6.07, 6.45) is 1.31. The van der Waals surface area contributed by atoms with Gasteiger partial charge in [0, 0.05) is 31.7 Å². The number of halogens is 2. The zero-order valence-electron chi connectivity index (χ0n) is 23.1. The Kier molecular flexibility index (Phi) is 7.58. The number of rotatable bonds is 7. The molecule has 2 heterocycles. The molecule has 3 aromatic carbocycles. The number of aryl methyl sites for hydroxylation is 1. The number of aliphatic carboxylic acids is 1. The van der Waals surface area contributed by atoms with Gasteiger partial charge in [-0.2, -0.15) is 4.31 Å². The van der Waals surface area contributed by atoms with Crippen molar-refractivity contribution in [2.45, 2.75) is 30.1 Å². The lowest BCUT2D eigenvalue weighted by Crippen LogP contribution is -2.50. The number of carboxylic acid groups (broad SMARTS) is 1. The molecule has 1 aliphatic carbocycles. The van der Waals surface area contributed by atoms with Crippen LogP contribution in [-0.2, 0) is 20.2 Å². The number of sulfonamides is 1. The van der Waals surface area contributed by atoms with Crippen molar-refractivity contribution in [1.82, 2.24) is 14.4 Å². The lowest BCUT2D eigenvalue weighted by Gasteiger charge is -2.34. The van der Waals surface area contributed by atoms with E-state index in [4.69, 9.17) is 27.7 Å². The Morgan fingerprint density at radius 1 is 0.860 bits per heavy atom. The number of nitrogens with zero attached hydrogens (tertiary/aromatic N) is 3. The molecule has 12 heteroatoms. The van der Waals surface area contributed by atoms with Crippen LogP contribution in [0.4, 0.5) is 0 Å². The standard InChI is InChI=1S/C31H27Cl2N3O6S/c1-19-27(29(37)35-14-16-36(17-15-35)43(40,41)24-10-11-25(32)26(33)18-24)28(42-34-19)22-4-2-20(3-5-22)21-6-8-23(9-7-21)31(12-13-31)30(38)39/h2-11,18H,12-17H2,1H3,(H,38,39). The van der Waals surface area contributed by atoms with Gasteiger partial charge in [0.25, 0.3) is 5.91 Å². The van der Waals surface area contributed by atoms with Gasteiger partial charge >= 0.3 is 5.97 Å². The Balaban J connectivity index is 1.16.